The van der Waals surface area contributed by atoms with E-state index >= 15 is 0 Å². The number of Topliss-reactive ketones (excluding diaryl/α,β-unsaturated/α-hetero) is 1. The number of rotatable bonds is 21. The van der Waals surface area contributed by atoms with Gasteiger partial charge in [-0.15, -0.1) is 0 Å². The third kappa shape index (κ3) is 22.9. The van der Waals surface area contributed by atoms with Crippen LogP contribution in [0.15, 0.2) is 12.2 Å². The summed E-state index contributed by atoms with van der Waals surface area (Å²) in [5.41, 5.74) is 0. The molecule has 0 aromatic carbocycles. The Balaban J connectivity index is 3.17. The Kier molecular flexibility index (Phi) is 21.3. The molecule has 0 radical (unpaired) electrons. The molecule has 0 N–H and O–H groups in total. The van der Waals surface area contributed by atoms with Gasteiger partial charge in [-0.2, -0.15) is 0 Å². The number of allylic oxidation sites excluding steroid dienone is 1. The Labute approximate surface area is 174 Å². The lowest BCUT2D eigenvalue weighted by molar-refractivity contribution is -0.137. The van der Waals surface area contributed by atoms with Gasteiger partial charge in [-0.1, -0.05) is 109 Å². The summed E-state index contributed by atoms with van der Waals surface area (Å²) in [6, 6.07) is 0. The van der Waals surface area contributed by atoms with Crippen molar-refractivity contribution in [3.63, 3.8) is 0 Å². The maximum atomic E-state index is 11.5. The summed E-state index contributed by atoms with van der Waals surface area (Å²) in [4.78, 5) is 22.2. The molecule has 0 aromatic heterocycles. The lowest BCUT2D eigenvalue weighted by Crippen LogP contribution is -2.02. The first-order chi connectivity index (χ1) is 13.7. The fourth-order valence-corrected chi connectivity index (χ4v) is 3.34. The predicted molar refractivity (Wildman–Crippen MR) is 120 cm³/mol. The Hall–Kier alpha value is -1.12. The van der Waals surface area contributed by atoms with Crippen LogP contribution in [0, 0.1) is 0 Å². The minimum Gasteiger partial charge on any atom is -0.463 e. The summed E-state index contributed by atoms with van der Waals surface area (Å²) < 4.78 is 5.16. The standard InChI is InChI=1S/C25H46O3/c1-3-4-5-6-7-8-9-10-11-12-13-14-15-16-17-20-23-28-25(27)22-19-18-21-24(2)26/h19,22H,3-18,20-21,23H2,1-2H3/b22-19+. The third-order valence-corrected chi connectivity index (χ3v) is 5.16. The molecule has 0 atom stereocenters. The smallest absolute Gasteiger partial charge is 0.330 e. The van der Waals surface area contributed by atoms with Crippen molar-refractivity contribution >= 4 is 11.8 Å². The van der Waals surface area contributed by atoms with Crippen LogP contribution < -0.4 is 0 Å². The molecule has 164 valence electrons. The van der Waals surface area contributed by atoms with Crippen LogP contribution in [0.4, 0.5) is 0 Å². The lowest BCUT2D eigenvalue weighted by Gasteiger charge is -2.04. The quantitative estimate of drug-likeness (QED) is 0.114. The van der Waals surface area contributed by atoms with E-state index in [1.54, 1.807) is 13.0 Å². The van der Waals surface area contributed by atoms with E-state index in [0.29, 0.717) is 19.4 Å². The van der Waals surface area contributed by atoms with Gasteiger partial charge in [0.2, 0.25) is 0 Å². The molecule has 0 amide bonds. The van der Waals surface area contributed by atoms with E-state index in [-0.39, 0.29) is 11.8 Å². The van der Waals surface area contributed by atoms with Crippen molar-refractivity contribution < 1.29 is 14.3 Å². The van der Waals surface area contributed by atoms with Gasteiger partial charge in [-0.3, -0.25) is 0 Å². The molecule has 0 aliphatic carbocycles. The maximum Gasteiger partial charge on any atom is 0.330 e. The first kappa shape index (κ1) is 26.9. The highest BCUT2D eigenvalue weighted by Crippen LogP contribution is 2.13. The van der Waals surface area contributed by atoms with Crippen LogP contribution in [0.25, 0.3) is 0 Å². The SMILES string of the molecule is CCCCCCCCCCCCCCCCCCOC(=O)/C=C/CCC(C)=O. The molecule has 0 heterocycles. The molecule has 0 rings (SSSR count). The zero-order valence-corrected chi connectivity index (χ0v) is 18.8. The van der Waals surface area contributed by atoms with Crippen molar-refractivity contribution in [2.75, 3.05) is 6.61 Å². The molecule has 0 spiro atoms. The average Bonchev–Trinajstić information content (AvgIpc) is 2.67. The zero-order valence-electron chi connectivity index (χ0n) is 18.8. The van der Waals surface area contributed by atoms with Gasteiger partial charge in [0.05, 0.1) is 6.61 Å². The number of ketones is 1. The van der Waals surface area contributed by atoms with Crippen molar-refractivity contribution in [1.82, 2.24) is 0 Å². The zero-order chi connectivity index (χ0) is 20.7. The maximum absolute atomic E-state index is 11.5. The number of ether oxygens (including phenoxy) is 1. The lowest BCUT2D eigenvalue weighted by atomic mass is 10.0. The molecule has 28 heavy (non-hydrogen) atoms. The van der Waals surface area contributed by atoms with E-state index in [0.717, 1.165) is 12.8 Å². The van der Waals surface area contributed by atoms with Crippen LogP contribution in [0.5, 0.6) is 0 Å². The van der Waals surface area contributed by atoms with Gasteiger partial charge >= 0.3 is 5.97 Å². The van der Waals surface area contributed by atoms with E-state index in [1.807, 2.05) is 0 Å². The van der Waals surface area contributed by atoms with Crippen LogP contribution >= 0.6 is 0 Å². The number of esters is 1. The van der Waals surface area contributed by atoms with E-state index in [4.69, 9.17) is 4.74 Å². The van der Waals surface area contributed by atoms with E-state index in [2.05, 4.69) is 6.92 Å². The van der Waals surface area contributed by atoms with Crippen LogP contribution in [-0.2, 0) is 14.3 Å². The largest absolute Gasteiger partial charge is 0.463 e. The van der Waals surface area contributed by atoms with Gasteiger partial charge in [-0.05, 0) is 19.8 Å². The normalized spacial score (nSPS) is 11.2. The first-order valence-corrected chi connectivity index (χ1v) is 12.0. The molecule has 0 bridgehead atoms. The Morgan fingerprint density at radius 2 is 1.11 bits per heavy atom. The predicted octanol–water partition coefficient (Wildman–Crippen LogP) is 7.72. The van der Waals surface area contributed by atoms with Crippen molar-refractivity contribution in [2.24, 2.45) is 0 Å². The summed E-state index contributed by atoms with van der Waals surface area (Å²) in [5.74, 6) is -0.143. The van der Waals surface area contributed by atoms with Crippen molar-refractivity contribution in [3.05, 3.63) is 12.2 Å². The van der Waals surface area contributed by atoms with E-state index in [9.17, 15) is 9.59 Å². The Morgan fingerprint density at radius 3 is 1.54 bits per heavy atom. The molecule has 3 nitrogen and oxygen atoms in total. The first-order valence-electron chi connectivity index (χ1n) is 12.0. The number of carbonyl (C=O) groups excluding carboxylic acids is 2. The molecule has 0 saturated carbocycles. The van der Waals surface area contributed by atoms with Crippen molar-refractivity contribution in [1.29, 1.82) is 0 Å². The second kappa shape index (κ2) is 22.2. The highest BCUT2D eigenvalue weighted by atomic mass is 16.5. The number of carbonyl (C=O) groups is 2. The van der Waals surface area contributed by atoms with Crippen LogP contribution in [0.3, 0.4) is 0 Å². The third-order valence-electron chi connectivity index (χ3n) is 5.16. The minimum absolute atomic E-state index is 0.145. The van der Waals surface area contributed by atoms with Gasteiger partial charge in [0, 0.05) is 12.5 Å². The van der Waals surface area contributed by atoms with E-state index < -0.39 is 0 Å². The molecule has 0 aliphatic rings. The topological polar surface area (TPSA) is 43.4 Å². The molecule has 3 heteroatoms. The summed E-state index contributed by atoms with van der Waals surface area (Å²) in [5, 5.41) is 0. The van der Waals surface area contributed by atoms with Crippen LogP contribution in [0.1, 0.15) is 129 Å². The number of hydrogen-bond donors (Lipinski definition) is 0. The average molecular weight is 395 g/mol. The minimum atomic E-state index is -0.287. The number of hydrogen-bond acceptors (Lipinski definition) is 3. The van der Waals surface area contributed by atoms with Crippen LogP contribution in [0.2, 0.25) is 0 Å². The highest BCUT2D eigenvalue weighted by molar-refractivity contribution is 5.82. The molecule has 0 unspecified atom stereocenters. The number of unbranched alkanes of at least 4 members (excludes halogenated alkanes) is 15. The van der Waals surface area contributed by atoms with Gasteiger partial charge < -0.3 is 9.53 Å². The van der Waals surface area contributed by atoms with Gasteiger partial charge in [-0.25, -0.2) is 4.79 Å². The second-order valence-electron chi connectivity index (χ2n) is 8.11. The summed E-state index contributed by atoms with van der Waals surface area (Å²) in [6.07, 6.45) is 25.7. The fraction of sp³-hybridized carbons (Fsp3) is 0.840. The Bertz CT molecular complexity index is 387. The van der Waals surface area contributed by atoms with Crippen molar-refractivity contribution in [2.45, 2.75) is 129 Å². The summed E-state index contributed by atoms with van der Waals surface area (Å²) >= 11 is 0. The van der Waals surface area contributed by atoms with Crippen molar-refractivity contribution in [3.8, 4) is 0 Å². The monoisotopic (exact) mass is 394 g/mol. The summed E-state index contributed by atoms with van der Waals surface area (Å²) in [7, 11) is 0. The highest BCUT2D eigenvalue weighted by Gasteiger charge is 1.98. The molecule has 0 aromatic rings. The van der Waals surface area contributed by atoms with Gasteiger partial charge in [0.15, 0.2) is 0 Å². The van der Waals surface area contributed by atoms with Gasteiger partial charge in [0.25, 0.3) is 0 Å². The molecule has 0 aliphatic heterocycles. The second-order valence-corrected chi connectivity index (χ2v) is 8.11. The molecule has 0 saturated heterocycles. The summed E-state index contributed by atoms with van der Waals surface area (Å²) in [6.45, 7) is 4.34. The molecular formula is C25H46O3. The molecule has 0 fully saturated rings. The Morgan fingerprint density at radius 1 is 0.679 bits per heavy atom. The fourth-order valence-electron chi connectivity index (χ4n) is 3.34. The van der Waals surface area contributed by atoms with E-state index in [1.165, 1.54) is 96.0 Å². The molecular weight excluding hydrogens is 348 g/mol. The van der Waals surface area contributed by atoms with Gasteiger partial charge in [0.1, 0.15) is 5.78 Å². The van der Waals surface area contributed by atoms with Crippen LogP contribution in [-0.4, -0.2) is 18.4 Å².